The van der Waals surface area contributed by atoms with Crippen LogP contribution in [0.1, 0.15) is 104 Å². The lowest BCUT2D eigenvalue weighted by molar-refractivity contribution is 0.591. The van der Waals surface area contributed by atoms with Gasteiger partial charge in [-0.2, -0.15) is 11.8 Å². The van der Waals surface area contributed by atoms with Gasteiger partial charge in [0.15, 0.2) is 0 Å². The lowest BCUT2D eigenvalue weighted by Crippen LogP contribution is -1.83. The molecule has 19 heavy (non-hydrogen) atoms. The van der Waals surface area contributed by atoms with Crippen molar-refractivity contribution in [3.8, 4) is 0 Å². The van der Waals surface area contributed by atoms with Gasteiger partial charge in [0.1, 0.15) is 0 Å². The Hall–Kier alpha value is 0.350. The van der Waals surface area contributed by atoms with E-state index in [1.807, 2.05) is 0 Å². The van der Waals surface area contributed by atoms with Gasteiger partial charge in [0.2, 0.25) is 0 Å². The van der Waals surface area contributed by atoms with E-state index in [9.17, 15) is 0 Å². The van der Waals surface area contributed by atoms with Crippen molar-refractivity contribution in [2.45, 2.75) is 104 Å². The Labute approximate surface area is 127 Å². The molecular weight excluding hydrogens is 248 g/mol. The van der Waals surface area contributed by atoms with E-state index in [2.05, 4.69) is 31.4 Å². The quantitative estimate of drug-likeness (QED) is 0.266. The van der Waals surface area contributed by atoms with E-state index in [4.69, 9.17) is 0 Å². The molecule has 0 aliphatic heterocycles. The highest BCUT2D eigenvalue weighted by molar-refractivity contribution is 8.01. The van der Waals surface area contributed by atoms with E-state index in [1.54, 1.807) is 0 Å². The average Bonchev–Trinajstić information content (AvgIpc) is 2.43. The molecule has 0 fully saturated rings. The molecule has 0 aromatic rings. The van der Waals surface area contributed by atoms with Crippen molar-refractivity contribution in [1.29, 1.82) is 0 Å². The first-order valence-electron chi connectivity index (χ1n) is 8.85. The smallest absolute Gasteiger partial charge is 0.0166 e. The van der Waals surface area contributed by atoms with Crippen LogP contribution in [0.3, 0.4) is 0 Å². The second-order valence-electron chi connectivity index (χ2n) is 5.72. The predicted molar refractivity (Wildman–Crippen MR) is 92.7 cm³/mol. The van der Waals surface area contributed by atoms with Gasteiger partial charge in [-0.25, -0.2) is 0 Å². The molecule has 0 saturated heterocycles. The zero-order chi connectivity index (χ0) is 14.0. The van der Waals surface area contributed by atoms with Gasteiger partial charge in [-0.3, -0.25) is 0 Å². The van der Waals surface area contributed by atoms with E-state index >= 15 is 0 Å². The Balaban J connectivity index is 2.88. The van der Waals surface area contributed by atoms with Gasteiger partial charge in [0.05, 0.1) is 0 Å². The molecule has 0 atom stereocenters. The molecule has 0 heterocycles. The van der Waals surface area contributed by atoms with Gasteiger partial charge in [0.25, 0.3) is 0 Å². The standard InChI is InChI=1S/C18H37S/c1-3-5-7-9-11-12-14-16-18-19-17-15-13-10-8-6-4-2/h18H,3-17H2,1-2H3. The first kappa shape index (κ1) is 19.4. The summed E-state index contributed by atoms with van der Waals surface area (Å²) in [5.41, 5.74) is 0. The summed E-state index contributed by atoms with van der Waals surface area (Å²) >= 11 is 2.06. The van der Waals surface area contributed by atoms with Crippen LogP contribution in [-0.4, -0.2) is 5.75 Å². The van der Waals surface area contributed by atoms with Crippen LogP contribution in [0, 0.1) is 5.75 Å². The summed E-state index contributed by atoms with van der Waals surface area (Å²) in [6.07, 6.45) is 19.9. The summed E-state index contributed by atoms with van der Waals surface area (Å²) < 4.78 is 0. The van der Waals surface area contributed by atoms with Gasteiger partial charge < -0.3 is 0 Å². The van der Waals surface area contributed by atoms with Gasteiger partial charge in [0, 0.05) is 5.75 Å². The van der Waals surface area contributed by atoms with Crippen molar-refractivity contribution in [3.05, 3.63) is 5.75 Å². The third-order valence-corrected chi connectivity index (χ3v) is 4.65. The Morgan fingerprint density at radius 1 is 0.579 bits per heavy atom. The van der Waals surface area contributed by atoms with Crippen molar-refractivity contribution < 1.29 is 0 Å². The highest BCUT2D eigenvalue weighted by atomic mass is 32.2. The van der Waals surface area contributed by atoms with E-state index in [0.717, 1.165) is 0 Å². The number of rotatable bonds is 16. The normalized spacial score (nSPS) is 11.1. The Morgan fingerprint density at radius 3 is 1.63 bits per heavy atom. The molecule has 115 valence electrons. The first-order valence-corrected chi connectivity index (χ1v) is 9.90. The molecule has 0 aromatic heterocycles. The SMILES string of the molecule is CCCCCCCCC[CH]SCCCCCCCC. The fourth-order valence-electron chi connectivity index (χ4n) is 2.32. The average molecular weight is 286 g/mol. The minimum absolute atomic E-state index is 1.33. The topological polar surface area (TPSA) is 0 Å². The third kappa shape index (κ3) is 18.4. The monoisotopic (exact) mass is 285 g/mol. The zero-order valence-electron chi connectivity index (χ0n) is 13.6. The van der Waals surface area contributed by atoms with Crippen LogP contribution < -0.4 is 0 Å². The maximum atomic E-state index is 2.46. The number of unbranched alkanes of at least 4 members (excludes halogenated alkanes) is 12. The second-order valence-corrected chi connectivity index (χ2v) is 6.79. The van der Waals surface area contributed by atoms with Crippen LogP contribution in [0.25, 0.3) is 0 Å². The summed E-state index contributed by atoms with van der Waals surface area (Å²) in [5, 5.41) is 0. The molecule has 0 rings (SSSR count). The van der Waals surface area contributed by atoms with Crippen LogP contribution in [0.5, 0.6) is 0 Å². The van der Waals surface area contributed by atoms with Crippen LogP contribution in [0.15, 0.2) is 0 Å². The van der Waals surface area contributed by atoms with Gasteiger partial charge in [-0.05, 0) is 18.6 Å². The van der Waals surface area contributed by atoms with Gasteiger partial charge in [-0.1, -0.05) is 90.9 Å². The molecule has 0 saturated carbocycles. The first-order chi connectivity index (χ1) is 9.41. The summed E-state index contributed by atoms with van der Waals surface area (Å²) in [7, 11) is 0. The summed E-state index contributed by atoms with van der Waals surface area (Å²) in [6, 6.07) is 0. The molecular formula is C18H37S. The Kier molecular flexibility index (Phi) is 18.7. The lowest BCUT2D eigenvalue weighted by Gasteiger charge is -2.03. The van der Waals surface area contributed by atoms with E-state index < -0.39 is 0 Å². The fourth-order valence-corrected chi connectivity index (χ4v) is 3.19. The number of thioether (sulfide) groups is 1. The zero-order valence-corrected chi connectivity index (χ0v) is 14.4. The molecule has 1 heteroatoms. The molecule has 0 nitrogen and oxygen atoms in total. The Morgan fingerprint density at radius 2 is 1.05 bits per heavy atom. The minimum Gasteiger partial charge on any atom is -0.157 e. The molecule has 0 unspecified atom stereocenters. The predicted octanol–water partition coefficient (Wildman–Crippen LogP) is 7.38. The molecule has 0 amide bonds. The van der Waals surface area contributed by atoms with Crippen molar-refractivity contribution in [2.75, 3.05) is 5.75 Å². The summed E-state index contributed by atoms with van der Waals surface area (Å²) in [4.78, 5) is 0. The summed E-state index contributed by atoms with van der Waals surface area (Å²) in [5.74, 6) is 3.81. The molecule has 0 bridgehead atoms. The molecule has 0 aliphatic rings. The van der Waals surface area contributed by atoms with Crippen LogP contribution in [0.4, 0.5) is 0 Å². The van der Waals surface area contributed by atoms with E-state index in [-0.39, 0.29) is 0 Å². The van der Waals surface area contributed by atoms with Gasteiger partial charge >= 0.3 is 0 Å². The van der Waals surface area contributed by atoms with Crippen molar-refractivity contribution in [3.63, 3.8) is 0 Å². The van der Waals surface area contributed by atoms with E-state index in [0.29, 0.717) is 0 Å². The molecule has 0 N–H and O–H groups in total. The van der Waals surface area contributed by atoms with Crippen LogP contribution >= 0.6 is 11.8 Å². The maximum Gasteiger partial charge on any atom is 0.0166 e. The highest BCUT2D eigenvalue weighted by Gasteiger charge is 1.94. The highest BCUT2D eigenvalue weighted by Crippen LogP contribution is 2.16. The van der Waals surface area contributed by atoms with Crippen molar-refractivity contribution >= 4 is 11.8 Å². The van der Waals surface area contributed by atoms with E-state index in [1.165, 1.54) is 95.6 Å². The third-order valence-electron chi connectivity index (χ3n) is 3.66. The van der Waals surface area contributed by atoms with Crippen LogP contribution in [0.2, 0.25) is 0 Å². The molecule has 0 aromatic carbocycles. The molecule has 0 aliphatic carbocycles. The van der Waals surface area contributed by atoms with Crippen molar-refractivity contribution in [1.82, 2.24) is 0 Å². The second kappa shape index (κ2) is 18.4. The minimum atomic E-state index is 1.33. The van der Waals surface area contributed by atoms with Crippen LogP contribution in [-0.2, 0) is 0 Å². The number of hydrogen-bond acceptors (Lipinski definition) is 1. The van der Waals surface area contributed by atoms with Crippen molar-refractivity contribution in [2.24, 2.45) is 0 Å². The molecule has 0 spiro atoms. The fraction of sp³-hybridized carbons (Fsp3) is 0.944. The largest absolute Gasteiger partial charge is 0.157 e. The van der Waals surface area contributed by atoms with Gasteiger partial charge in [-0.15, -0.1) is 0 Å². The Bertz CT molecular complexity index is 129. The number of hydrogen-bond donors (Lipinski definition) is 0. The molecule has 1 radical (unpaired) electrons. The lowest BCUT2D eigenvalue weighted by atomic mass is 10.1. The summed E-state index contributed by atoms with van der Waals surface area (Å²) in [6.45, 7) is 4.57. The maximum absolute atomic E-state index is 2.46.